The monoisotopic (exact) mass is 244 g/mol. The van der Waals surface area contributed by atoms with E-state index >= 15 is 0 Å². The number of nitrogens with zero attached hydrogens (tertiary/aromatic N) is 1. The first kappa shape index (κ1) is 12.3. The van der Waals surface area contributed by atoms with E-state index in [1.807, 2.05) is 24.3 Å². The summed E-state index contributed by atoms with van der Waals surface area (Å²) in [6, 6.07) is 7.47. The highest BCUT2D eigenvalue weighted by atomic mass is 16.1. The van der Waals surface area contributed by atoms with Gasteiger partial charge in [-0.05, 0) is 30.7 Å². The lowest BCUT2D eigenvalue weighted by molar-refractivity contribution is 0.0950. The fraction of sp³-hybridized carbons (Fsp3) is 0.231. The van der Waals surface area contributed by atoms with Crippen LogP contribution in [0.5, 0.6) is 0 Å². The standard InChI is InChI=1S/C13H16N4O/c14-6-5-10-1-3-11(4-2-10)13(18)17-9-12-15-7-8-16-12/h1-4,7-8H,5-6,9,14H2,(H,15,16)(H,17,18). The van der Waals surface area contributed by atoms with E-state index in [-0.39, 0.29) is 5.91 Å². The summed E-state index contributed by atoms with van der Waals surface area (Å²) in [4.78, 5) is 18.8. The Morgan fingerprint density at radius 3 is 2.72 bits per heavy atom. The van der Waals surface area contributed by atoms with Crippen molar-refractivity contribution in [2.75, 3.05) is 6.54 Å². The molecule has 18 heavy (non-hydrogen) atoms. The van der Waals surface area contributed by atoms with Gasteiger partial charge in [0.05, 0.1) is 6.54 Å². The number of hydrogen-bond acceptors (Lipinski definition) is 3. The van der Waals surface area contributed by atoms with Crippen LogP contribution in [0.3, 0.4) is 0 Å². The van der Waals surface area contributed by atoms with Gasteiger partial charge in [0.25, 0.3) is 5.91 Å². The van der Waals surface area contributed by atoms with Crippen LogP contribution in [0.1, 0.15) is 21.7 Å². The van der Waals surface area contributed by atoms with Gasteiger partial charge in [-0.1, -0.05) is 12.1 Å². The normalized spacial score (nSPS) is 10.3. The Morgan fingerprint density at radius 1 is 1.33 bits per heavy atom. The molecule has 0 aliphatic rings. The number of carbonyl (C=O) groups is 1. The van der Waals surface area contributed by atoms with E-state index in [9.17, 15) is 4.79 Å². The fourth-order valence-corrected chi connectivity index (χ4v) is 1.65. The van der Waals surface area contributed by atoms with E-state index in [2.05, 4.69) is 15.3 Å². The first-order valence-corrected chi connectivity index (χ1v) is 5.85. The predicted molar refractivity (Wildman–Crippen MR) is 69.0 cm³/mol. The van der Waals surface area contributed by atoms with Crippen LogP contribution in [0, 0.1) is 0 Å². The van der Waals surface area contributed by atoms with Gasteiger partial charge in [-0.2, -0.15) is 0 Å². The summed E-state index contributed by atoms with van der Waals surface area (Å²) >= 11 is 0. The lowest BCUT2D eigenvalue weighted by atomic mass is 10.1. The number of amides is 1. The van der Waals surface area contributed by atoms with Gasteiger partial charge in [0.2, 0.25) is 0 Å². The number of rotatable bonds is 5. The quantitative estimate of drug-likeness (QED) is 0.728. The number of nitrogens with two attached hydrogens (primary N) is 1. The molecule has 4 N–H and O–H groups in total. The molecule has 0 spiro atoms. The Balaban J connectivity index is 1.92. The summed E-state index contributed by atoms with van der Waals surface area (Å²) in [7, 11) is 0. The number of hydrogen-bond donors (Lipinski definition) is 3. The Bertz CT molecular complexity index is 490. The van der Waals surface area contributed by atoms with Crippen molar-refractivity contribution in [3.63, 3.8) is 0 Å². The molecule has 0 bridgehead atoms. The minimum Gasteiger partial charge on any atom is -0.347 e. The van der Waals surface area contributed by atoms with Crippen LogP contribution >= 0.6 is 0 Å². The smallest absolute Gasteiger partial charge is 0.251 e. The van der Waals surface area contributed by atoms with Crippen molar-refractivity contribution < 1.29 is 4.79 Å². The van der Waals surface area contributed by atoms with Gasteiger partial charge < -0.3 is 16.0 Å². The van der Waals surface area contributed by atoms with E-state index in [4.69, 9.17) is 5.73 Å². The molecule has 0 atom stereocenters. The summed E-state index contributed by atoms with van der Waals surface area (Å²) in [5.41, 5.74) is 7.25. The zero-order valence-corrected chi connectivity index (χ0v) is 10.0. The largest absolute Gasteiger partial charge is 0.347 e. The first-order valence-electron chi connectivity index (χ1n) is 5.85. The van der Waals surface area contributed by atoms with Gasteiger partial charge in [-0.15, -0.1) is 0 Å². The number of imidazole rings is 1. The number of H-pyrrole nitrogens is 1. The maximum absolute atomic E-state index is 11.8. The summed E-state index contributed by atoms with van der Waals surface area (Å²) in [5.74, 6) is 0.633. The third kappa shape index (κ3) is 3.18. The molecule has 1 amide bonds. The third-order valence-corrected chi connectivity index (χ3v) is 2.62. The van der Waals surface area contributed by atoms with Crippen molar-refractivity contribution in [3.05, 3.63) is 53.6 Å². The fourth-order valence-electron chi connectivity index (χ4n) is 1.65. The molecular weight excluding hydrogens is 228 g/mol. The number of aromatic nitrogens is 2. The van der Waals surface area contributed by atoms with Crippen molar-refractivity contribution in [1.82, 2.24) is 15.3 Å². The SMILES string of the molecule is NCCc1ccc(C(=O)NCc2ncc[nH]2)cc1. The molecule has 94 valence electrons. The highest BCUT2D eigenvalue weighted by Gasteiger charge is 2.05. The Morgan fingerprint density at radius 2 is 2.11 bits per heavy atom. The molecule has 0 aliphatic carbocycles. The number of aromatic amines is 1. The second-order valence-electron chi connectivity index (χ2n) is 3.95. The molecule has 2 aromatic rings. The van der Waals surface area contributed by atoms with Crippen LogP contribution in [0.15, 0.2) is 36.7 Å². The molecule has 1 aromatic carbocycles. The van der Waals surface area contributed by atoms with Crippen LogP contribution in [0.2, 0.25) is 0 Å². The van der Waals surface area contributed by atoms with E-state index in [1.54, 1.807) is 12.4 Å². The average molecular weight is 244 g/mol. The van der Waals surface area contributed by atoms with Crippen molar-refractivity contribution in [3.8, 4) is 0 Å². The summed E-state index contributed by atoms with van der Waals surface area (Å²) in [6.45, 7) is 1.01. The summed E-state index contributed by atoms with van der Waals surface area (Å²) in [6.07, 6.45) is 4.21. The number of benzene rings is 1. The number of nitrogens with one attached hydrogen (secondary N) is 2. The van der Waals surface area contributed by atoms with Crippen LogP contribution in [0.25, 0.3) is 0 Å². The van der Waals surface area contributed by atoms with Crippen LogP contribution in [-0.4, -0.2) is 22.4 Å². The van der Waals surface area contributed by atoms with Gasteiger partial charge in [-0.3, -0.25) is 4.79 Å². The molecular formula is C13H16N4O. The van der Waals surface area contributed by atoms with E-state index in [0.717, 1.165) is 17.8 Å². The highest BCUT2D eigenvalue weighted by Crippen LogP contribution is 2.05. The van der Waals surface area contributed by atoms with Crippen molar-refractivity contribution in [2.24, 2.45) is 5.73 Å². The van der Waals surface area contributed by atoms with Crippen LogP contribution in [-0.2, 0) is 13.0 Å². The summed E-state index contributed by atoms with van der Waals surface area (Å²) < 4.78 is 0. The van der Waals surface area contributed by atoms with E-state index in [1.165, 1.54) is 0 Å². The first-order chi connectivity index (χ1) is 8.79. The number of carbonyl (C=O) groups excluding carboxylic acids is 1. The highest BCUT2D eigenvalue weighted by molar-refractivity contribution is 5.94. The second-order valence-corrected chi connectivity index (χ2v) is 3.95. The van der Waals surface area contributed by atoms with Gasteiger partial charge in [-0.25, -0.2) is 4.98 Å². The molecule has 5 heteroatoms. The summed E-state index contributed by atoms with van der Waals surface area (Å²) in [5, 5.41) is 2.80. The Hall–Kier alpha value is -2.14. The molecule has 0 radical (unpaired) electrons. The Labute approximate surface area is 105 Å². The lowest BCUT2D eigenvalue weighted by Gasteiger charge is -2.04. The Kier molecular flexibility index (Phi) is 4.09. The predicted octanol–water partition coefficient (Wildman–Crippen LogP) is 0.841. The molecule has 2 rings (SSSR count). The third-order valence-electron chi connectivity index (χ3n) is 2.62. The molecule has 5 nitrogen and oxygen atoms in total. The van der Waals surface area contributed by atoms with Crippen molar-refractivity contribution in [1.29, 1.82) is 0 Å². The van der Waals surface area contributed by atoms with Crippen LogP contribution < -0.4 is 11.1 Å². The lowest BCUT2D eigenvalue weighted by Crippen LogP contribution is -2.23. The molecule has 1 aromatic heterocycles. The maximum Gasteiger partial charge on any atom is 0.251 e. The average Bonchev–Trinajstić information content (AvgIpc) is 2.90. The molecule has 0 aliphatic heterocycles. The zero-order chi connectivity index (χ0) is 12.8. The van der Waals surface area contributed by atoms with Crippen LogP contribution in [0.4, 0.5) is 0 Å². The second kappa shape index (κ2) is 5.97. The van der Waals surface area contributed by atoms with E-state index < -0.39 is 0 Å². The molecule has 1 heterocycles. The van der Waals surface area contributed by atoms with Crippen molar-refractivity contribution >= 4 is 5.91 Å². The zero-order valence-electron chi connectivity index (χ0n) is 10.0. The molecule has 0 fully saturated rings. The van der Waals surface area contributed by atoms with Gasteiger partial charge in [0, 0.05) is 18.0 Å². The molecule has 0 saturated heterocycles. The maximum atomic E-state index is 11.8. The van der Waals surface area contributed by atoms with E-state index in [0.29, 0.717) is 18.7 Å². The van der Waals surface area contributed by atoms with Gasteiger partial charge >= 0.3 is 0 Å². The molecule has 0 unspecified atom stereocenters. The van der Waals surface area contributed by atoms with Gasteiger partial charge in [0.1, 0.15) is 5.82 Å². The minimum atomic E-state index is -0.106. The van der Waals surface area contributed by atoms with Gasteiger partial charge in [0.15, 0.2) is 0 Å². The topological polar surface area (TPSA) is 83.8 Å². The van der Waals surface area contributed by atoms with Crippen molar-refractivity contribution in [2.45, 2.75) is 13.0 Å². The molecule has 0 saturated carbocycles. The minimum absolute atomic E-state index is 0.106.